The first-order valence-electron chi connectivity index (χ1n) is 6.35. The fourth-order valence-electron chi connectivity index (χ4n) is 1.90. The molecule has 0 aromatic carbocycles. The second kappa shape index (κ2) is 6.09. The number of hydrogen-bond donors (Lipinski definition) is 2. The quantitative estimate of drug-likeness (QED) is 0.253. The normalized spacial score (nSPS) is 21.0. The summed E-state index contributed by atoms with van der Waals surface area (Å²) in [6.07, 6.45) is 4.72. The molecule has 4 heteroatoms. The maximum absolute atomic E-state index is 5.53. The highest BCUT2D eigenvalue weighted by molar-refractivity contribution is 5.79. The minimum atomic E-state index is 0.472. The Morgan fingerprint density at radius 2 is 2.00 bits per heavy atom. The average Bonchev–Trinajstić information content (AvgIpc) is 2.25. The first-order chi connectivity index (χ1) is 7.59. The lowest BCUT2D eigenvalue weighted by Crippen LogP contribution is -2.49. The van der Waals surface area contributed by atoms with Gasteiger partial charge in [-0.05, 0) is 24.7 Å². The molecule has 0 saturated carbocycles. The smallest absolute Gasteiger partial charge is 0.208 e. The Morgan fingerprint density at radius 1 is 1.38 bits per heavy atom. The third-order valence-corrected chi connectivity index (χ3v) is 3.32. The van der Waals surface area contributed by atoms with E-state index in [1.54, 1.807) is 0 Å². The van der Waals surface area contributed by atoms with Crippen LogP contribution in [0, 0.1) is 5.41 Å². The van der Waals surface area contributed by atoms with Gasteiger partial charge in [-0.1, -0.05) is 27.2 Å². The number of hydrogen-bond acceptors (Lipinski definition) is 2. The van der Waals surface area contributed by atoms with Gasteiger partial charge in [0.2, 0.25) is 5.96 Å². The standard InChI is InChI=1S/C12H26N4/c1-4-5-8-14-11(15-13)16-9-6-12(2,3)7-10-16/h4-10,13H2,1-3H3,(H,14,15). The molecule has 0 aliphatic carbocycles. The van der Waals surface area contributed by atoms with Crippen molar-refractivity contribution in [1.29, 1.82) is 0 Å². The van der Waals surface area contributed by atoms with Crippen molar-refractivity contribution in [2.75, 3.05) is 19.6 Å². The van der Waals surface area contributed by atoms with E-state index in [2.05, 4.69) is 36.1 Å². The number of unbranched alkanes of at least 4 members (excludes halogenated alkanes) is 1. The molecule has 1 fully saturated rings. The van der Waals surface area contributed by atoms with Crippen LogP contribution < -0.4 is 11.3 Å². The summed E-state index contributed by atoms with van der Waals surface area (Å²) in [4.78, 5) is 6.77. The maximum Gasteiger partial charge on any atom is 0.208 e. The lowest BCUT2D eigenvalue weighted by Gasteiger charge is -2.38. The van der Waals surface area contributed by atoms with Gasteiger partial charge in [-0.15, -0.1) is 0 Å². The molecule has 0 bridgehead atoms. The van der Waals surface area contributed by atoms with Crippen molar-refractivity contribution >= 4 is 5.96 Å². The molecule has 1 saturated heterocycles. The van der Waals surface area contributed by atoms with E-state index in [4.69, 9.17) is 5.84 Å². The Hall–Kier alpha value is -0.770. The van der Waals surface area contributed by atoms with Crippen LogP contribution in [0.15, 0.2) is 4.99 Å². The highest BCUT2D eigenvalue weighted by atomic mass is 15.4. The van der Waals surface area contributed by atoms with Crippen LogP contribution in [0.2, 0.25) is 0 Å². The number of nitrogens with one attached hydrogen (secondary N) is 1. The van der Waals surface area contributed by atoms with Crippen molar-refractivity contribution in [3.63, 3.8) is 0 Å². The number of hydrazine groups is 1. The largest absolute Gasteiger partial charge is 0.342 e. The van der Waals surface area contributed by atoms with Crippen molar-refractivity contribution in [1.82, 2.24) is 10.3 Å². The predicted octanol–water partition coefficient (Wildman–Crippen LogP) is 1.73. The maximum atomic E-state index is 5.53. The molecule has 0 aromatic rings. The monoisotopic (exact) mass is 226 g/mol. The summed E-state index contributed by atoms with van der Waals surface area (Å²) >= 11 is 0. The molecule has 1 aliphatic heterocycles. The van der Waals surface area contributed by atoms with Gasteiger partial charge in [0.15, 0.2) is 0 Å². The highest BCUT2D eigenvalue weighted by Gasteiger charge is 2.26. The van der Waals surface area contributed by atoms with E-state index in [0.29, 0.717) is 5.41 Å². The fourth-order valence-corrected chi connectivity index (χ4v) is 1.90. The Morgan fingerprint density at radius 3 is 2.50 bits per heavy atom. The Kier molecular flexibility index (Phi) is 5.06. The minimum Gasteiger partial charge on any atom is -0.342 e. The molecule has 0 unspecified atom stereocenters. The predicted molar refractivity (Wildman–Crippen MR) is 69.1 cm³/mol. The van der Waals surface area contributed by atoms with Crippen LogP contribution in [-0.4, -0.2) is 30.5 Å². The lowest BCUT2D eigenvalue weighted by atomic mass is 9.83. The van der Waals surface area contributed by atoms with E-state index in [9.17, 15) is 0 Å². The van der Waals surface area contributed by atoms with Gasteiger partial charge < -0.3 is 4.90 Å². The van der Waals surface area contributed by atoms with Gasteiger partial charge in [0.25, 0.3) is 0 Å². The minimum absolute atomic E-state index is 0.472. The van der Waals surface area contributed by atoms with Crippen LogP contribution in [0.4, 0.5) is 0 Å². The highest BCUT2D eigenvalue weighted by Crippen LogP contribution is 2.29. The second-order valence-electron chi connectivity index (χ2n) is 5.35. The average molecular weight is 226 g/mol. The van der Waals surface area contributed by atoms with Gasteiger partial charge in [-0.25, -0.2) is 5.84 Å². The first-order valence-corrected chi connectivity index (χ1v) is 6.35. The third kappa shape index (κ3) is 4.00. The summed E-state index contributed by atoms with van der Waals surface area (Å²) in [5.41, 5.74) is 3.21. The van der Waals surface area contributed by atoms with Crippen LogP contribution in [0.3, 0.4) is 0 Å². The number of rotatable bonds is 3. The van der Waals surface area contributed by atoms with E-state index >= 15 is 0 Å². The molecule has 1 rings (SSSR count). The van der Waals surface area contributed by atoms with Crippen molar-refractivity contribution in [2.45, 2.75) is 46.5 Å². The third-order valence-electron chi connectivity index (χ3n) is 3.32. The SMILES string of the molecule is CCCCN=C(NN)N1CCC(C)(C)CC1. The number of likely N-dealkylation sites (tertiary alicyclic amines) is 1. The zero-order chi connectivity index (χ0) is 12.0. The second-order valence-corrected chi connectivity index (χ2v) is 5.35. The molecule has 16 heavy (non-hydrogen) atoms. The summed E-state index contributed by atoms with van der Waals surface area (Å²) in [6.45, 7) is 9.82. The van der Waals surface area contributed by atoms with Gasteiger partial charge in [-0.3, -0.25) is 10.4 Å². The lowest BCUT2D eigenvalue weighted by molar-refractivity contribution is 0.185. The van der Waals surface area contributed by atoms with Crippen LogP contribution >= 0.6 is 0 Å². The van der Waals surface area contributed by atoms with Crippen molar-refractivity contribution < 1.29 is 0 Å². The van der Waals surface area contributed by atoms with Crippen LogP contribution in [0.1, 0.15) is 46.5 Å². The number of guanidine groups is 1. The van der Waals surface area contributed by atoms with Gasteiger partial charge in [0.05, 0.1) is 0 Å². The Bertz CT molecular complexity index is 225. The summed E-state index contributed by atoms with van der Waals surface area (Å²) in [5.74, 6) is 6.40. The van der Waals surface area contributed by atoms with Gasteiger partial charge >= 0.3 is 0 Å². The first kappa shape index (κ1) is 13.3. The Balaban J connectivity index is 2.45. The molecule has 94 valence electrons. The van der Waals surface area contributed by atoms with E-state index < -0.39 is 0 Å². The van der Waals surface area contributed by atoms with E-state index in [-0.39, 0.29) is 0 Å². The van der Waals surface area contributed by atoms with Crippen LogP contribution in [-0.2, 0) is 0 Å². The molecule has 0 radical (unpaired) electrons. The van der Waals surface area contributed by atoms with E-state index in [1.165, 1.54) is 19.3 Å². The Labute approximate surface area is 99.3 Å². The van der Waals surface area contributed by atoms with Crippen molar-refractivity contribution in [2.24, 2.45) is 16.3 Å². The van der Waals surface area contributed by atoms with Crippen molar-refractivity contribution in [3.8, 4) is 0 Å². The van der Waals surface area contributed by atoms with E-state index in [0.717, 1.165) is 32.0 Å². The van der Waals surface area contributed by atoms with Crippen LogP contribution in [0.5, 0.6) is 0 Å². The zero-order valence-electron chi connectivity index (χ0n) is 10.9. The summed E-state index contributed by atoms with van der Waals surface area (Å²) in [7, 11) is 0. The van der Waals surface area contributed by atoms with Crippen LogP contribution in [0.25, 0.3) is 0 Å². The number of aliphatic imine (C=N–C) groups is 1. The summed E-state index contributed by atoms with van der Waals surface area (Å²) in [5, 5.41) is 0. The molecule has 1 heterocycles. The summed E-state index contributed by atoms with van der Waals surface area (Å²) < 4.78 is 0. The molecule has 4 nitrogen and oxygen atoms in total. The molecule has 0 aromatic heterocycles. The topological polar surface area (TPSA) is 53.6 Å². The molecule has 3 N–H and O–H groups in total. The molecular formula is C12H26N4. The van der Waals surface area contributed by atoms with E-state index in [1.807, 2.05) is 0 Å². The fraction of sp³-hybridized carbons (Fsp3) is 0.917. The van der Waals surface area contributed by atoms with Gasteiger partial charge in [0.1, 0.15) is 0 Å². The number of nitrogens with zero attached hydrogens (tertiary/aromatic N) is 2. The number of nitrogens with two attached hydrogens (primary N) is 1. The van der Waals surface area contributed by atoms with Crippen molar-refractivity contribution in [3.05, 3.63) is 0 Å². The summed E-state index contributed by atoms with van der Waals surface area (Å²) in [6, 6.07) is 0. The number of piperidine rings is 1. The molecule has 1 aliphatic rings. The zero-order valence-corrected chi connectivity index (χ0v) is 10.9. The molecule has 0 amide bonds. The molecular weight excluding hydrogens is 200 g/mol. The van der Waals surface area contributed by atoms with Gasteiger partial charge in [0, 0.05) is 19.6 Å². The van der Waals surface area contributed by atoms with Gasteiger partial charge in [-0.2, -0.15) is 0 Å². The molecule has 0 atom stereocenters. The molecule has 0 spiro atoms.